The van der Waals surface area contributed by atoms with Crippen molar-refractivity contribution in [2.45, 2.75) is 71.0 Å². The Morgan fingerprint density at radius 1 is 1.17 bits per heavy atom. The van der Waals surface area contributed by atoms with Gasteiger partial charge < -0.3 is 19.9 Å². The average molecular weight is 402 g/mol. The third-order valence-corrected chi connectivity index (χ3v) is 9.46. The summed E-state index contributed by atoms with van der Waals surface area (Å²) < 4.78 is 12.1. The molecule has 4 fully saturated rings. The molecule has 1 heterocycles. The summed E-state index contributed by atoms with van der Waals surface area (Å²) in [5.74, 6) is 1.70. The second-order valence-corrected chi connectivity index (χ2v) is 10.4. The van der Waals surface area contributed by atoms with E-state index in [1.807, 2.05) is 0 Å². The molecule has 0 bridgehead atoms. The Labute approximate surface area is 173 Å². The highest BCUT2D eigenvalue weighted by molar-refractivity contribution is 5.51. The van der Waals surface area contributed by atoms with Crippen LogP contribution in [-0.2, 0) is 14.3 Å². The smallest absolute Gasteiger partial charge is 0.211 e. The van der Waals surface area contributed by atoms with Crippen molar-refractivity contribution in [1.82, 2.24) is 5.32 Å². The van der Waals surface area contributed by atoms with Crippen LogP contribution in [0.5, 0.6) is 0 Å². The number of aliphatic hydroxyl groups is 1. The second-order valence-electron chi connectivity index (χ2n) is 10.4. The van der Waals surface area contributed by atoms with E-state index in [4.69, 9.17) is 9.47 Å². The van der Waals surface area contributed by atoms with Crippen molar-refractivity contribution in [2.75, 3.05) is 19.8 Å². The van der Waals surface area contributed by atoms with E-state index < -0.39 is 0 Å². The van der Waals surface area contributed by atoms with Crippen molar-refractivity contribution >= 4 is 6.41 Å². The Bertz CT molecular complexity index is 752. The quantitative estimate of drug-likeness (QED) is 0.559. The number of hydrogen-bond acceptors (Lipinski definition) is 4. The number of aliphatic hydroxyl groups excluding tert-OH is 1. The van der Waals surface area contributed by atoms with Crippen LogP contribution in [0, 0.1) is 28.6 Å². The molecule has 1 aliphatic heterocycles. The monoisotopic (exact) mass is 401 g/mol. The van der Waals surface area contributed by atoms with Crippen LogP contribution in [0.25, 0.3) is 0 Å². The zero-order valence-electron chi connectivity index (χ0n) is 17.8. The average Bonchev–Trinajstić information content (AvgIpc) is 3.31. The molecule has 5 heteroatoms. The number of allylic oxidation sites excluding steroid dienone is 2. The lowest BCUT2D eigenvalue weighted by Crippen LogP contribution is -2.51. The highest BCUT2D eigenvalue weighted by atomic mass is 16.7. The summed E-state index contributed by atoms with van der Waals surface area (Å²) in [5.41, 5.74) is 3.98. The lowest BCUT2D eigenvalue weighted by atomic mass is 9.47. The van der Waals surface area contributed by atoms with Gasteiger partial charge in [-0.1, -0.05) is 25.5 Å². The van der Waals surface area contributed by atoms with E-state index in [1.54, 1.807) is 5.57 Å². The fourth-order valence-electron chi connectivity index (χ4n) is 7.96. The van der Waals surface area contributed by atoms with Gasteiger partial charge in [-0.05, 0) is 72.7 Å². The molecule has 160 valence electrons. The third kappa shape index (κ3) is 2.80. The highest BCUT2D eigenvalue weighted by Gasteiger charge is 2.59. The van der Waals surface area contributed by atoms with E-state index in [9.17, 15) is 9.90 Å². The number of amides is 1. The molecule has 5 aliphatic rings. The first-order valence-corrected chi connectivity index (χ1v) is 11.5. The maximum Gasteiger partial charge on any atom is 0.211 e. The Hall–Kier alpha value is -1.17. The minimum atomic E-state index is -0.346. The highest BCUT2D eigenvalue weighted by Crippen LogP contribution is 2.67. The third-order valence-electron chi connectivity index (χ3n) is 9.46. The molecule has 0 aromatic rings. The van der Waals surface area contributed by atoms with Crippen LogP contribution in [0.4, 0.5) is 0 Å². The summed E-state index contributed by atoms with van der Waals surface area (Å²) in [7, 11) is 0. The molecule has 5 nitrogen and oxygen atoms in total. The number of ether oxygens (including phenoxy) is 2. The summed E-state index contributed by atoms with van der Waals surface area (Å²) >= 11 is 0. The number of carbonyl (C=O) groups excluding carboxylic acids is 1. The van der Waals surface area contributed by atoms with E-state index in [-0.39, 0.29) is 23.2 Å². The number of hydrogen-bond donors (Lipinski definition) is 2. The zero-order valence-corrected chi connectivity index (χ0v) is 17.8. The molecule has 1 spiro atoms. The summed E-state index contributed by atoms with van der Waals surface area (Å²) in [5, 5.41) is 12.6. The maximum absolute atomic E-state index is 11.0. The molecule has 5 rings (SSSR count). The molecule has 2 N–H and O–H groups in total. The van der Waals surface area contributed by atoms with Crippen LogP contribution < -0.4 is 5.32 Å². The first-order chi connectivity index (χ1) is 14.0. The van der Waals surface area contributed by atoms with Gasteiger partial charge in [0.2, 0.25) is 6.41 Å². The molecule has 29 heavy (non-hydrogen) atoms. The van der Waals surface area contributed by atoms with Crippen molar-refractivity contribution in [3.63, 3.8) is 0 Å². The molecule has 5 atom stereocenters. The van der Waals surface area contributed by atoms with Gasteiger partial charge in [0.1, 0.15) is 0 Å². The minimum absolute atomic E-state index is 0.0751. The number of nitrogens with one attached hydrogen (secondary N) is 1. The van der Waals surface area contributed by atoms with Crippen molar-refractivity contribution in [3.8, 4) is 0 Å². The standard InChI is InChI=1S/C24H35NO4/c1-22-9-10-24(28-11-12-29-24)13-16(22)3-4-17-18-5-6-20(21(14-26)25-15-27)23(18,2)8-7-19(17)22/h3,15,17-19,26H,4-14H2,1-2H3,(H,25,27)/b21-20-/t17-,18-,19-,22-,23-/m0/s1. The summed E-state index contributed by atoms with van der Waals surface area (Å²) in [6, 6.07) is 0. The van der Waals surface area contributed by atoms with Gasteiger partial charge >= 0.3 is 0 Å². The molecule has 4 aliphatic carbocycles. The number of carbonyl (C=O) groups is 1. The Balaban J connectivity index is 1.44. The van der Waals surface area contributed by atoms with Crippen molar-refractivity contribution in [3.05, 3.63) is 22.9 Å². The van der Waals surface area contributed by atoms with Gasteiger partial charge in [0.25, 0.3) is 0 Å². The Morgan fingerprint density at radius 2 is 1.93 bits per heavy atom. The molecule has 0 aromatic heterocycles. The van der Waals surface area contributed by atoms with Gasteiger partial charge in [-0.2, -0.15) is 0 Å². The molecule has 3 saturated carbocycles. The lowest BCUT2D eigenvalue weighted by molar-refractivity contribution is -0.184. The van der Waals surface area contributed by atoms with E-state index in [1.165, 1.54) is 18.4 Å². The van der Waals surface area contributed by atoms with Crippen LogP contribution in [0.3, 0.4) is 0 Å². The van der Waals surface area contributed by atoms with Crippen LogP contribution in [0.1, 0.15) is 65.2 Å². The fraction of sp³-hybridized carbons (Fsp3) is 0.792. The molecular weight excluding hydrogens is 366 g/mol. The van der Waals surface area contributed by atoms with Crippen LogP contribution in [0.2, 0.25) is 0 Å². The lowest BCUT2D eigenvalue weighted by Gasteiger charge is -2.58. The van der Waals surface area contributed by atoms with E-state index >= 15 is 0 Å². The SMILES string of the molecule is C[C@]12CCC3(CC1=CC[C@@H]1[C@@H]2CC[C@]2(C)/C(=C(/CO)NC=O)CC[C@@H]12)OCCO3. The first-order valence-electron chi connectivity index (χ1n) is 11.5. The first kappa shape index (κ1) is 19.8. The van der Waals surface area contributed by atoms with Crippen LogP contribution in [0.15, 0.2) is 22.9 Å². The van der Waals surface area contributed by atoms with Gasteiger partial charge in [0.15, 0.2) is 5.79 Å². The van der Waals surface area contributed by atoms with Crippen molar-refractivity contribution in [1.29, 1.82) is 0 Å². The van der Waals surface area contributed by atoms with E-state index in [0.29, 0.717) is 18.2 Å². The fourth-order valence-corrected chi connectivity index (χ4v) is 7.96. The van der Waals surface area contributed by atoms with Crippen LogP contribution >= 0.6 is 0 Å². The predicted molar refractivity (Wildman–Crippen MR) is 110 cm³/mol. The van der Waals surface area contributed by atoms with Gasteiger partial charge in [-0.25, -0.2) is 0 Å². The maximum atomic E-state index is 11.0. The van der Waals surface area contributed by atoms with E-state index in [2.05, 4.69) is 25.2 Å². The largest absolute Gasteiger partial charge is 0.390 e. The summed E-state index contributed by atoms with van der Waals surface area (Å²) in [6.07, 6.45) is 12.0. The van der Waals surface area contributed by atoms with Gasteiger partial charge in [-0.3, -0.25) is 4.79 Å². The van der Waals surface area contributed by atoms with Gasteiger partial charge in [-0.15, -0.1) is 0 Å². The molecule has 1 saturated heterocycles. The number of fused-ring (bicyclic) bond motifs is 5. The Morgan fingerprint density at radius 3 is 2.66 bits per heavy atom. The molecule has 0 radical (unpaired) electrons. The van der Waals surface area contributed by atoms with Gasteiger partial charge in [0, 0.05) is 18.5 Å². The topological polar surface area (TPSA) is 67.8 Å². The molecular formula is C24H35NO4. The van der Waals surface area contributed by atoms with Crippen molar-refractivity contribution < 1.29 is 19.4 Å². The minimum Gasteiger partial charge on any atom is -0.390 e. The molecule has 0 unspecified atom stereocenters. The molecule has 1 amide bonds. The Kier molecular flexibility index (Phi) is 4.72. The summed E-state index contributed by atoms with van der Waals surface area (Å²) in [4.78, 5) is 11.0. The molecule has 0 aromatic carbocycles. The predicted octanol–water partition coefficient (Wildman–Crippen LogP) is 3.68. The second kappa shape index (κ2) is 6.93. The number of rotatable bonds is 3. The summed E-state index contributed by atoms with van der Waals surface area (Å²) in [6.45, 7) is 6.27. The van der Waals surface area contributed by atoms with Crippen LogP contribution in [-0.4, -0.2) is 37.1 Å². The normalized spacial score (nSPS) is 44.5. The van der Waals surface area contributed by atoms with E-state index in [0.717, 1.165) is 63.4 Å². The van der Waals surface area contributed by atoms with Crippen molar-refractivity contribution in [2.24, 2.45) is 28.6 Å². The van der Waals surface area contributed by atoms with Gasteiger partial charge in [0.05, 0.1) is 19.8 Å². The zero-order chi connectivity index (χ0) is 20.3.